The van der Waals surface area contributed by atoms with E-state index < -0.39 is 10.8 Å². The van der Waals surface area contributed by atoms with Crippen molar-refractivity contribution in [2.45, 2.75) is 13.3 Å². The lowest BCUT2D eigenvalue weighted by Gasteiger charge is -2.03. The number of amides is 1. The van der Waals surface area contributed by atoms with Crippen LogP contribution in [0.15, 0.2) is 24.3 Å². The molecule has 1 unspecified atom stereocenters. The van der Waals surface area contributed by atoms with Gasteiger partial charge in [-0.05, 0) is 24.6 Å². The highest BCUT2D eigenvalue weighted by Crippen LogP contribution is 2.04. The van der Waals surface area contributed by atoms with Crippen LogP contribution in [0.5, 0.6) is 0 Å². The summed E-state index contributed by atoms with van der Waals surface area (Å²) >= 11 is 0. The molecule has 0 saturated heterocycles. The monoisotopic (exact) mass is 285 g/mol. The molecule has 0 aromatic heterocycles. The lowest BCUT2D eigenvalue weighted by Crippen LogP contribution is -2.30. The number of carbonyl (C=O) groups excluding carboxylic acids is 2. The Bertz CT molecular complexity index is 473. The highest BCUT2D eigenvalue weighted by atomic mass is 32.2. The smallest absolute Gasteiger partial charge is 0.232 e. The molecule has 0 heterocycles. The summed E-state index contributed by atoms with van der Waals surface area (Å²) in [6.07, 6.45) is 0.0986. The van der Waals surface area contributed by atoms with Crippen molar-refractivity contribution in [3.05, 3.63) is 35.6 Å². The van der Waals surface area contributed by atoms with E-state index in [1.165, 1.54) is 24.3 Å². The van der Waals surface area contributed by atoms with Crippen LogP contribution < -0.4 is 5.32 Å². The van der Waals surface area contributed by atoms with Crippen LogP contribution >= 0.6 is 0 Å². The maximum absolute atomic E-state index is 12.7. The van der Waals surface area contributed by atoms with Gasteiger partial charge in [0, 0.05) is 23.8 Å². The number of benzene rings is 1. The fraction of sp³-hybridized carbons (Fsp3) is 0.385. The van der Waals surface area contributed by atoms with Crippen molar-refractivity contribution in [3.63, 3.8) is 0 Å². The van der Waals surface area contributed by atoms with Gasteiger partial charge in [0.15, 0.2) is 0 Å². The number of hydrogen-bond donors (Lipinski definition) is 1. The fourth-order valence-electron chi connectivity index (χ4n) is 1.51. The summed E-state index contributed by atoms with van der Waals surface area (Å²) in [5.41, 5.74) is 0.668. The second-order valence-electron chi connectivity index (χ2n) is 4.02. The molecule has 0 radical (unpaired) electrons. The van der Waals surface area contributed by atoms with Crippen LogP contribution in [0.25, 0.3) is 0 Å². The van der Waals surface area contributed by atoms with E-state index in [0.29, 0.717) is 12.1 Å². The molecule has 1 aromatic rings. The van der Waals surface area contributed by atoms with E-state index in [-0.39, 0.29) is 35.4 Å². The van der Waals surface area contributed by atoms with Gasteiger partial charge in [0.1, 0.15) is 17.4 Å². The first kappa shape index (κ1) is 15.5. The lowest BCUT2D eigenvalue weighted by atomic mass is 10.1. The number of carbonyl (C=O) groups is 2. The fourth-order valence-corrected chi connectivity index (χ4v) is 2.46. The van der Waals surface area contributed by atoms with Crippen LogP contribution in [0.3, 0.4) is 0 Å². The molecule has 0 fully saturated rings. The third-order valence-corrected chi connectivity index (χ3v) is 3.53. The van der Waals surface area contributed by atoms with Crippen molar-refractivity contribution in [2.24, 2.45) is 0 Å². The molecule has 1 amide bonds. The quantitative estimate of drug-likeness (QED) is 0.807. The molecule has 19 heavy (non-hydrogen) atoms. The molecule has 104 valence electrons. The Kier molecular flexibility index (Phi) is 6.35. The van der Waals surface area contributed by atoms with E-state index in [4.69, 9.17) is 0 Å². The van der Waals surface area contributed by atoms with Crippen molar-refractivity contribution in [2.75, 3.05) is 18.1 Å². The van der Waals surface area contributed by atoms with Crippen LogP contribution in [0, 0.1) is 5.82 Å². The van der Waals surface area contributed by atoms with Crippen molar-refractivity contribution in [3.8, 4) is 0 Å². The van der Waals surface area contributed by atoms with Gasteiger partial charge < -0.3 is 5.32 Å². The van der Waals surface area contributed by atoms with E-state index in [9.17, 15) is 18.2 Å². The van der Waals surface area contributed by atoms with Crippen molar-refractivity contribution >= 4 is 22.5 Å². The molecule has 0 saturated carbocycles. The standard InChI is InChI=1S/C13H16FNO3S/c1-2-15-13(17)9-19(18)8-12(16)7-10-3-5-11(14)6-4-10/h3-6H,2,7-9H2,1H3,(H,15,17). The molecule has 1 N–H and O–H groups in total. The summed E-state index contributed by atoms with van der Waals surface area (Å²) in [5.74, 6) is -1.24. The number of halogens is 1. The normalized spacial score (nSPS) is 11.9. The molecule has 6 heteroatoms. The third kappa shape index (κ3) is 6.24. The molecule has 0 aliphatic heterocycles. The largest absolute Gasteiger partial charge is 0.356 e. The predicted molar refractivity (Wildman–Crippen MR) is 71.7 cm³/mol. The molecule has 1 atom stereocenters. The van der Waals surface area contributed by atoms with Gasteiger partial charge in [-0.15, -0.1) is 0 Å². The summed E-state index contributed by atoms with van der Waals surface area (Å²) in [6.45, 7) is 2.24. The second-order valence-corrected chi connectivity index (χ2v) is 5.48. The summed E-state index contributed by atoms with van der Waals surface area (Å²) in [6, 6.07) is 5.57. The maximum Gasteiger partial charge on any atom is 0.232 e. The molecule has 0 aliphatic carbocycles. The highest BCUT2D eigenvalue weighted by molar-refractivity contribution is 7.86. The Morgan fingerprint density at radius 1 is 1.21 bits per heavy atom. The Morgan fingerprint density at radius 3 is 2.42 bits per heavy atom. The minimum Gasteiger partial charge on any atom is -0.356 e. The zero-order valence-electron chi connectivity index (χ0n) is 10.6. The summed E-state index contributed by atoms with van der Waals surface area (Å²) in [7, 11) is -1.50. The average Bonchev–Trinajstić information content (AvgIpc) is 2.32. The zero-order chi connectivity index (χ0) is 14.3. The second kappa shape index (κ2) is 7.78. The van der Waals surface area contributed by atoms with Gasteiger partial charge >= 0.3 is 0 Å². The first-order chi connectivity index (χ1) is 9.01. The van der Waals surface area contributed by atoms with Crippen molar-refractivity contribution in [1.29, 1.82) is 0 Å². The maximum atomic E-state index is 12.7. The predicted octanol–water partition coefficient (Wildman–Crippen LogP) is 0.822. The summed E-state index contributed by atoms with van der Waals surface area (Å²) in [5, 5.41) is 2.52. The molecular formula is C13H16FNO3S. The Balaban J connectivity index is 2.40. The third-order valence-electron chi connectivity index (χ3n) is 2.30. The minimum atomic E-state index is -1.50. The van der Waals surface area contributed by atoms with Crippen molar-refractivity contribution < 1.29 is 18.2 Å². The summed E-state index contributed by atoms with van der Waals surface area (Å²) in [4.78, 5) is 22.8. The van der Waals surface area contributed by atoms with Gasteiger partial charge in [0.25, 0.3) is 0 Å². The topological polar surface area (TPSA) is 63.2 Å². The molecule has 0 aliphatic rings. The minimum absolute atomic E-state index is 0.0986. The van der Waals surface area contributed by atoms with Gasteiger partial charge in [-0.25, -0.2) is 4.39 Å². The summed E-state index contributed by atoms with van der Waals surface area (Å²) < 4.78 is 24.2. The molecule has 4 nitrogen and oxygen atoms in total. The Morgan fingerprint density at radius 2 is 1.84 bits per heavy atom. The molecule has 0 spiro atoms. The van der Waals surface area contributed by atoms with Gasteiger partial charge in [-0.3, -0.25) is 13.8 Å². The highest BCUT2D eigenvalue weighted by Gasteiger charge is 2.12. The number of ketones is 1. The van der Waals surface area contributed by atoms with Crippen LogP contribution in [-0.4, -0.2) is 33.9 Å². The molecule has 1 rings (SSSR count). The molecule has 1 aromatic carbocycles. The van der Waals surface area contributed by atoms with E-state index in [1.54, 1.807) is 6.92 Å². The molecule has 0 bridgehead atoms. The Hall–Kier alpha value is -1.56. The molecular weight excluding hydrogens is 269 g/mol. The van der Waals surface area contributed by atoms with Gasteiger partial charge in [-0.2, -0.15) is 0 Å². The van der Waals surface area contributed by atoms with Crippen LogP contribution in [0.1, 0.15) is 12.5 Å². The SMILES string of the molecule is CCNC(=O)CS(=O)CC(=O)Cc1ccc(F)cc1. The van der Waals surface area contributed by atoms with E-state index >= 15 is 0 Å². The van der Waals surface area contributed by atoms with E-state index in [2.05, 4.69) is 5.32 Å². The van der Waals surface area contributed by atoms with Gasteiger partial charge in [0.2, 0.25) is 5.91 Å². The Labute approximate surface area is 113 Å². The van der Waals surface area contributed by atoms with E-state index in [0.717, 1.165) is 0 Å². The van der Waals surface area contributed by atoms with Crippen LogP contribution in [-0.2, 0) is 26.8 Å². The van der Waals surface area contributed by atoms with Gasteiger partial charge in [-0.1, -0.05) is 12.1 Å². The van der Waals surface area contributed by atoms with Crippen molar-refractivity contribution in [1.82, 2.24) is 5.32 Å². The number of Topliss-reactive ketones (excluding diaryl/α,β-unsaturated/α-hetero) is 1. The van der Waals surface area contributed by atoms with Gasteiger partial charge in [0.05, 0.1) is 5.75 Å². The van der Waals surface area contributed by atoms with Crippen LogP contribution in [0.4, 0.5) is 4.39 Å². The zero-order valence-corrected chi connectivity index (χ0v) is 11.5. The van der Waals surface area contributed by atoms with Crippen LogP contribution in [0.2, 0.25) is 0 Å². The number of rotatable bonds is 7. The van der Waals surface area contributed by atoms with E-state index in [1.807, 2.05) is 0 Å². The number of nitrogens with one attached hydrogen (secondary N) is 1. The first-order valence-corrected chi connectivity index (χ1v) is 7.38. The lowest BCUT2D eigenvalue weighted by molar-refractivity contribution is -0.118. The first-order valence-electron chi connectivity index (χ1n) is 5.89. The average molecular weight is 285 g/mol. The number of hydrogen-bond acceptors (Lipinski definition) is 3.